The van der Waals surface area contributed by atoms with Gasteiger partial charge in [0.1, 0.15) is 11.6 Å². The lowest BCUT2D eigenvalue weighted by Crippen LogP contribution is -2.41. The molecule has 31 heavy (non-hydrogen) atoms. The van der Waals surface area contributed by atoms with E-state index in [1.54, 1.807) is 19.2 Å². The molecule has 0 aliphatic carbocycles. The van der Waals surface area contributed by atoms with Crippen LogP contribution in [-0.4, -0.2) is 45.2 Å². The molecule has 0 spiro atoms. The number of aliphatic imine (C=N–C) groups is 1. The third-order valence-corrected chi connectivity index (χ3v) is 4.45. The summed E-state index contributed by atoms with van der Waals surface area (Å²) in [6.45, 7) is 6.45. The van der Waals surface area contributed by atoms with Gasteiger partial charge in [-0.1, -0.05) is 29.8 Å². The Bertz CT molecular complexity index is 844. The topological polar surface area (TPSA) is 74.8 Å². The van der Waals surface area contributed by atoms with Gasteiger partial charge in [0.25, 0.3) is 0 Å². The Balaban J connectivity index is 0.00000480. The Kier molecular flexibility index (Phi) is 12.6. The van der Waals surface area contributed by atoms with E-state index in [-0.39, 0.29) is 42.1 Å². The number of rotatable bonds is 10. The molecule has 0 bridgehead atoms. The Morgan fingerprint density at radius 3 is 2.45 bits per heavy atom. The monoisotopic (exact) mass is 542 g/mol. The van der Waals surface area contributed by atoms with Gasteiger partial charge in [-0.25, -0.2) is 4.39 Å². The number of benzene rings is 2. The molecule has 2 aromatic carbocycles. The fraction of sp³-hybridized carbons (Fsp3) is 0.391. The van der Waals surface area contributed by atoms with Crippen molar-refractivity contribution in [3.63, 3.8) is 0 Å². The number of nitrogens with zero attached hydrogens (tertiary/aromatic N) is 1. The molecule has 0 aliphatic rings. The number of hydrogen-bond acceptors (Lipinski definition) is 3. The Labute approximate surface area is 201 Å². The molecule has 0 heterocycles. The number of aryl methyl sites for hydroxylation is 1. The van der Waals surface area contributed by atoms with Crippen LogP contribution < -0.4 is 20.7 Å². The number of methoxy groups -OCH3 is 1. The summed E-state index contributed by atoms with van der Waals surface area (Å²) in [6, 6.07) is 12.1. The zero-order valence-corrected chi connectivity index (χ0v) is 20.7. The average Bonchev–Trinajstić information content (AvgIpc) is 2.73. The van der Waals surface area contributed by atoms with Crippen molar-refractivity contribution in [3.05, 3.63) is 65.0 Å². The number of nitrogens with one attached hydrogen (secondary N) is 3. The van der Waals surface area contributed by atoms with Crippen LogP contribution in [0.1, 0.15) is 23.6 Å². The summed E-state index contributed by atoms with van der Waals surface area (Å²) < 4.78 is 18.3. The number of guanidine groups is 1. The van der Waals surface area contributed by atoms with E-state index in [9.17, 15) is 9.18 Å². The molecule has 1 amide bonds. The first-order chi connectivity index (χ1) is 14.5. The average molecular weight is 542 g/mol. The summed E-state index contributed by atoms with van der Waals surface area (Å²) in [5, 5.41) is 9.27. The summed E-state index contributed by atoms with van der Waals surface area (Å²) in [5.41, 5.74) is 3.10. The highest BCUT2D eigenvalue weighted by Crippen LogP contribution is 2.20. The van der Waals surface area contributed by atoms with E-state index < -0.39 is 0 Å². The molecule has 8 heteroatoms. The van der Waals surface area contributed by atoms with Crippen LogP contribution in [0.4, 0.5) is 4.39 Å². The van der Waals surface area contributed by atoms with E-state index in [1.165, 1.54) is 17.7 Å². The predicted octanol–water partition coefficient (Wildman–Crippen LogP) is 3.22. The number of carbonyl (C=O) groups is 1. The molecule has 0 fully saturated rings. The van der Waals surface area contributed by atoms with Crippen LogP contribution >= 0.6 is 24.0 Å². The van der Waals surface area contributed by atoms with E-state index in [2.05, 4.69) is 33.9 Å². The molecule has 0 atom stereocenters. The van der Waals surface area contributed by atoms with Gasteiger partial charge in [0.05, 0.1) is 13.5 Å². The second-order valence-electron chi connectivity index (χ2n) is 6.91. The van der Waals surface area contributed by atoms with Crippen molar-refractivity contribution in [1.82, 2.24) is 16.0 Å². The molecule has 6 nitrogen and oxygen atoms in total. The maximum Gasteiger partial charge on any atom is 0.224 e. The molecular weight excluding hydrogens is 510 g/mol. The molecule has 2 rings (SSSR count). The minimum absolute atomic E-state index is 0. The van der Waals surface area contributed by atoms with Crippen LogP contribution in [-0.2, 0) is 17.6 Å². The van der Waals surface area contributed by atoms with E-state index in [1.807, 2.05) is 19.1 Å². The summed E-state index contributed by atoms with van der Waals surface area (Å²) in [6.07, 6.45) is 1.00. The summed E-state index contributed by atoms with van der Waals surface area (Å²) in [4.78, 5) is 16.6. The van der Waals surface area contributed by atoms with Crippen LogP contribution in [0.2, 0.25) is 0 Å². The van der Waals surface area contributed by atoms with E-state index in [0.29, 0.717) is 25.6 Å². The minimum atomic E-state index is -0.306. The minimum Gasteiger partial charge on any atom is -0.496 e. The molecule has 0 unspecified atom stereocenters. The lowest BCUT2D eigenvalue weighted by molar-refractivity contribution is -0.120. The van der Waals surface area contributed by atoms with Crippen LogP contribution in [0.15, 0.2) is 47.5 Å². The lowest BCUT2D eigenvalue weighted by atomic mass is 10.1. The maximum absolute atomic E-state index is 12.9. The van der Waals surface area contributed by atoms with Crippen molar-refractivity contribution in [2.45, 2.75) is 26.7 Å². The maximum atomic E-state index is 12.9. The number of ether oxygens (including phenoxy) is 1. The van der Waals surface area contributed by atoms with Crippen LogP contribution in [0.3, 0.4) is 0 Å². The predicted molar refractivity (Wildman–Crippen MR) is 134 cm³/mol. The zero-order chi connectivity index (χ0) is 21.8. The molecule has 3 N–H and O–H groups in total. The quantitative estimate of drug-likeness (QED) is 0.187. The van der Waals surface area contributed by atoms with Crippen LogP contribution in [0, 0.1) is 12.7 Å². The molecule has 170 valence electrons. The van der Waals surface area contributed by atoms with Gasteiger partial charge in [0.2, 0.25) is 5.91 Å². The van der Waals surface area contributed by atoms with Crippen molar-refractivity contribution >= 4 is 35.8 Å². The van der Waals surface area contributed by atoms with Crippen LogP contribution in [0.25, 0.3) is 0 Å². The third kappa shape index (κ3) is 9.99. The number of hydrogen-bond donors (Lipinski definition) is 3. The normalized spacial score (nSPS) is 10.8. The summed E-state index contributed by atoms with van der Waals surface area (Å²) in [7, 11) is 1.67. The van der Waals surface area contributed by atoms with Gasteiger partial charge in [0.15, 0.2) is 5.96 Å². The third-order valence-electron chi connectivity index (χ3n) is 4.45. The molecule has 0 aliphatic heterocycles. The Hall–Kier alpha value is -2.36. The van der Waals surface area contributed by atoms with Gasteiger partial charge in [-0.05, 0) is 49.6 Å². The highest BCUT2D eigenvalue weighted by Gasteiger charge is 2.05. The van der Waals surface area contributed by atoms with Crippen molar-refractivity contribution in [2.24, 2.45) is 4.99 Å². The van der Waals surface area contributed by atoms with E-state index in [0.717, 1.165) is 29.8 Å². The van der Waals surface area contributed by atoms with E-state index in [4.69, 9.17) is 4.74 Å². The highest BCUT2D eigenvalue weighted by atomic mass is 127. The fourth-order valence-electron chi connectivity index (χ4n) is 2.97. The molecule has 0 aromatic heterocycles. The Morgan fingerprint density at radius 2 is 1.77 bits per heavy atom. The number of halogens is 2. The van der Waals surface area contributed by atoms with Crippen molar-refractivity contribution in [2.75, 3.05) is 33.3 Å². The highest BCUT2D eigenvalue weighted by molar-refractivity contribution is 14.0. The molecule has 0 radical (unpaired) electrons. The molecule has 0 saturated heterocycles. The standard InChI is InChI=1S/C23H31FN4O2.HI/c1-4-25-23(27-12-11-19-15-17(2)5-10-21(19)30-3)28-14-13-26-22(29)16-18-6-8-20(24)9-7-18;/h5-10,15H,4,11-14,16H2,1-3H3,(H,26,29)(H2,25,27,28);1H. The first-order valence-corrected chi connectivity index (χ1v) is 10.2. The first-order valence-electron chi connectivity index (χ1n) is 10.2. The number of carbonyl (C=O) groups excluding carboxylic acids is 1. The summed E-state index contributed by atoms with van der Waals surface area (Å²) in [5.74, 6) is 1.17. The van der Waals surface area contributed by atoms with Crippen molar-refractivity contribution in [3.8, 4) is 5.75 Å². The van der Waals surface area contributed by atoms with Crippen molar-refractivity contribution < 1.29 is 13.9 Å². The summed E-state index contributed by atoms with van der Waals surface area (Å²) >= 11 is 0. The second kappa shape index (κ2) is 14.6. The smallest absolute Gasteiger partial charge is 0.224 e. The van der Waals surface area contributed by atoms with Gasteiger partial charge < -0.3 is 20.7 Å². The van der Waals surface area contributed by atoms with Crippen LogP contribution in [0.5, 0.6) is 5.75 Å². The largest absolute Gasteiger partial charge is 0.496 e. The molecule has 2 aromatic rings. The van der Waals surface area contributed by atoms with Gasteiger partial charge in [-0.15, -0.1) is 24.0 Å². The van der Waals surface area contributed by atoms with Gasteiger partial charge in [0, 0.05) is 26.2 Å². The SMILES string of the molecule is CCNC(=NCCc1cc(C)ccc1OC)NCCNC(=O)Cc1ccc(F)cc1.I. The van der Waals surface area contributed by atoms with Gasteiger partial charge in [-0.2, -0.15) is 0 Å². The first kappa shape index (κ1) is 26.7. The lowest BCUT2D eigenvalue weighted by Gasteiger charge is -2.13. The van der Waals surface area contributed by atoms with Gasteiger partial charge >= 0.3 is 0 Å². The zero-order valence-electron chi connectivity index (χ0n) is 18.3. The number of amides is 1. The fourth-order valence-corrected chi connectivity index (χ4v) is 2.97. The second-order valence-corrected chi connectivity index (χ2v) is 6.91. The molecular formula is C23H32FIN4O2. The Morgan fingerprint density at radius 1 is 1.06 bits per heavy atom. The van der Waals surface area contributed by atoms with E-state index >= 15 is 0 Å². The molecule has 0 saturated carbocycles. The van der Waals surface area contributed by atoms with Crippen molar-refractivity contribution in [1.29, 1.82) is 0 Å². The van der Waals surface area contributed by atoms with Gasteiger partial charge in [-0.3, -0.25) is 9.79 Å².